The maximum Gasteiger partial charge on any atom is 0.122 e. The molecule has 3 unspecified atom stereocenters. The van der Waals surface area contributed by atoms with Gasteiger partial charge in [-0.15, -0.1) is 0 Å². The summed E-state index contributed by atoms with van der Waals surface area (Å²) in [4.78, 5) is 0. The number of hydrogen-bond acceptors (Lipinski definition) is 1. The molecule has 100 valence electrons. The molecule has 1 fully saturated rings. The van der Waals surface area contributed by atoms with E-state index in [4.69, 9.17) is 4.74 Å². The minimum absolute atomic E-state index is 0.576. The SMILES string of the molecule is COc1ccc(Br)cc1C1CCCC2C=CC=CC21. The molecule has 0 spiro atoms. The highest BCUT2D eigenvalue weighted by atomic mass is 79.9. The molecule has 2 aliphatic rings. The Hall–Kier alpha value is -1.02. The Kier molecular flexibility index (Phi) is 3.79. The van der Waals surface area contributed by atoms with E-state index in [9.17, 15) is 0 Å². The number of methoxy groups -OCH3 is 1. The largest absolute Gasteiger partial charge is 0.496 e. The molecule has 3 atom stereocenters. The van der Waals surface area contributed by atoms with Gasteiger partial charge in [-0.25, -0.2) is 0 Å². The van der Waals surface area contributed by atoms with Crippen LogP contribution in [0, 0.1) is 11.8 Å². The van der Waals surface area contributed by atoms with E-state index in [1.165, 1.54) is 24.8 Å². The number of halogens is 1. The lowest BCUT2D eigenvalue weighted by Crippen LogP contribution is -2.25. The quantitative estimate of drug-likeness (QED) is 0.738. The monoisotopic (exact) mass is 318 g/mol. The van der Waals surface area contributed by atoms with Crippen molar-refractivity contribution >= 4 is 15.9 Å². The van der Waals surface area contributed by atoms with Crippen molar-refractivity contribution in [3.63, 3.8) is 0 Å². The molecule has 1 nitrogen and oxygen atoms in total. The van der Waals surface area contributed by atoms with Gasteiger partial charge in [0.1, 0.15) is 5.75 Å². The minimum atomic E-state index is 0.576. The molecule has 2 aliphatic carbocycles. The zero-order valence-corrected chi connectivity index (χ0v) is 12.8. The molecule has 0 bridgehead atoms. The highest BCUT2D eigenvalue weighted by Crippen LogP contribution is 2.46. The van der Waals surface area contributed by atoms with Crippen LogP contribution in [0.2, 0.25) is 0 Å². The molecule has 1 aromatic rings. The van der Waals surface area contributed by atoms with Crippen LogP contribution in [-0.4, -0.2) is 7.11 Å². The highest BCUT2D eigenvalue weighted by Gasteiger charge is 2.33. The normalized spacial score (nSPS) is 29.1. The summed E-state index contributed by atoms with van der Waals surface area (Å²) in [5, 5.41) is 0. The summed E-state index contributed by atoms with van der Waals surface area (Å²) in [6.07, 6.45) is 13.0. The zero-order chi connectivity index (χ0) is 13.2. The fraction of sp³-hybridized carbons (Fsp3) is 0.412. The Morgan fingerprint density at radius 3 is 2.84 bits per heavy atom. The van der Waals surface area contributed by atoms with Crippen LogP contribution < -0.4 is 4.74 Å². The molecule has 3 rings (SSSR count). The topological polar surface area (TPSA) is 9.23 Å². The third kappa shape index (κ3) is 2.51. The van der Waals surface area contributed by atoms with E-state index in [1.807, 2.05) is 0 Å². The van der Waals surface area contributed by atoms with E-state index in [1.54, 1.807) is 7.11 Å². The van der Waals surface area contributed by atoms with Gasteiger partial charge < -0.3 is 4.74 Å². The molecule has 0 heterocycles. The highest BCUT2D eigenvalue weighted by molar-refractivity contribution is 9.10. The van der Waals surface area contributed by atoms with Gasteiger partial charge in [-0.3, -0.25) is 0 Å². The van der Waals surface area contributed by atoms with Crippen LogP contribution in [0.3, 0.4) is 0 Å². The standard InChI is InChI=1S/C17H19BrO/c1-19-17-10-9-13(18)11-16(17)15-8-4-6-12-5-2-3-7-14(12)15/h2-3,5,7,9-12,14-15H,4,6,8H2,1H3. The lowest BCUT2D eigenvalue weighted by atomic mass is 9.68. The third-order valence-corrected chi connectivity index (χ3v) is 4.90. The molecule has 19 heavy (non-hydrogen) atoms. The van der Waals surface area contributed by atoms with Gasteiger partial charge in [0.15, 0.2) is 0 Å². The summed E-state index contributed by atoms with van der Waals surface area (Å²) in [7, 11) is 1.77. The van der Waals surface area contributed by atoms with Crippen molar-refractivity contribution in [1.29, 1.82) is 0 Å². The predicted octanol–water partition coefficient (Wildman–Crippen LogP) is 5.08. The van der Waals surface area contributed by atoms with Crippen LogP contribution >= 0.6 is 15.9 Å². The van der Waals surface area contributed by atoms with Gasteiger partial charge in [-0.1, -0.05) is 46.7 Å². The van der Waals surface area contributed by atoms with Crippen molar-refractivity contribution in [3.8, 4) is 5.75 Å². The van der Waals surface area contributed by atoms with Crippen LogP contribution in [0.1, 0.15) is 30.7 Å². The van der Waals surface area contributed by atoms with Crippen molar-refractivity contribution in [2.75, 3.05) is 7.11 Å². The molecule has 1 saturated carbocycles. The van der Waals surface area contributed by atoms with Crippen molar-refractivity contribution < 1.29 is 4.74 Å². The second-order valence-corrected chi connectivity index (χ2v) is 6.35. The van der Waals surface area contributed by atoms with Crippen LogP contribution in [-0.2, 0) is 0 Å². The smallest absolute Gasteiger partial charge is 0.122 e. The lowest BCUT2D eigenvalue weighted by Gasteiger charge is -2.37. The fourth-order valence-electron chi connectivity index (χ4n) is 3.52. The zero-order valence-electron chi connectivity index (χ0n) is 11.2. The maximum atomic E-state index is 5.57. The molecule has 1 aromatic carbocycles. The van der Waals surface area contributed by atoms with Crippen LogP contribution in [0.4, 0.5) is 0 Å². The van der Waals surface area contributed by atoms with Gasteiger partial charge in [0.2, 0.25) is 0 Å². The van der Waals surface area contributed by atoms with Crippen molar-refractivity contribution in [2.24, 2.45) is 11.8 Å². The first-order chi connectivity index (χ1) is 9.29. The van der Waals surface area contributed by atoms with Crippen molar-refractivity contribution in [3.05, 3.63) is 52.5 Å². The molecule has 0 saturated heterocycles. The van der Waals surface area contributed by atoms with Gasteiger partial charge in [0.05, 0.1) is 7.11 Å². The van der Waals surface area contributed by atoms with E-state index in [-0.39, 0.29) is 0 Å². The summed E-state index contributed by atoms with van der Waals surface area (Å²) in [5.74, 6) is 2.93. The molecule has 0 amide bonds. The predicted molar refractivity (Wildman–Crippen MR) is 82.5 cm³/mol. The number of rotatable bonds is 2. The Balaban J connectivity index is 1.98. The second-order valence-electron chi connectivity index (χ2n) is 5.43. The molecule has 2 heteroatoms. The minimum Gasteiger partial charge on any atom is -0.496 e. The molecule has 0 aromatic heterocycles. The van der Waals surface area contributed by atoms with E-state index in [2.05, 4.69) is 58.4 Å². The van der Waals surface area contributed by atoms with Gasteiger partial charge in [-0.2, -0.15) is 0 Å². The van der Waals surface area contributed by atoms with Crippen molar-refractivity contribution in [2.45, 2.75) is 25.2 Å². The first-order valence-corrected chi connectivity index (χ1v) is 7.77. The van der Waals surface area contributed by atoms with E-state index >= 15 is 0 Å². The molecule has 0 N–H and O–H groups in total. The fourth-order valence-corrected chi connectivity index (χ4v) is 3.89. The number of allylic oxidation sites excluding steroid dienone is 4. The Morgan fingerprint density at radius 2 is 2.00 bits per heavy atom. The molecular formula is C17H19BrO. The molecule has 0 radical (unpaired) electrons. The first-order valence-electron chi connectivity index (χ1n) is 6.98. The van der Waals surface area contributed by atoms with E-state index < -0.39 is 0 Å². The van der Waals surface area contributed by atoms with E-state index in [0.717, 1.165) is 10.2 Å². The number of hydrogen-bond donors (Lipinski definition) is 0. The summed E-state index contributed by atoms with van der Waals surface area (Å²) in [6.45, 7) is 0. The Morgan fingerprint density at radius 1 is 1.16 bits per heavy atom. The Labute approximate surface area is 123 Å². The van der Waals surface area contributed by atoms with Crippen LogP contribution in [0.5, 0.6) is 5.75 Å². The third-order valence-electron chi connectivity index (χ3n) is 4.41. The van der Waals surface area contributed by atoms with Gasteiger partial charge in [-0.05, 0) is 54.4 Å². The average molecular weight is 319 g/mol. The molecular weight excluding hydrogens is 300 g/mol. The lowest BCUT2D eigenvalue weighted by molar-refractivity contribution is 0.283. The van der Waals surface area contributed by atoms with Gasteiger partial charge >= 0.3 is 0 Å². The Bertz CT molecular complexity index is 518. The summed E-state index contributed by atoms with van der Waals surface area (Å²) in [5.41, 5.74) is 1.35. The molecule has 0 aliphatic heterocycles. The number of benzene rings is 1. The van der Waals surface area contributed by atoms with Gasteiger partial charge in [0, 0.05) is 4.47 Å². The average Bonchev–Trinajstić information content (AvgIpc) is 2.46. The first kappa shape index (κ1) is 13.0. The second kappa shape index (κ2) is 5.54. The van der Waals surface area contributed by atoms with Crippen molar-refractivity contribution in [1.82, 2.24) is 0 Å². The van der Waals surface area contributed by atoms with Gasteiger partial charge in [0.25, 0.3) is 0 Å². The maximum absolute atomic E-state index is 5.57. The van der Waals surface area contributed by atoms with Crippen LogP contribution in [0.15, 0.2) is 47.0 Å². The van der Waals surface area contributed by atoms with E-state index in [0.29, 0.717) is 17.8 Å². The van der Waals surface area contributed by atoms with Crippen LogP contribution in [0.25, 0.3) is 0 Å². The summed E-state index contributed by atoms with van der Waals surface area (Å²) in [6, 6.07) is 6.36. The summed E-state index contributed by atoms with van der Waals surface area (Å²) < 4.78 is 6.71. The number of fused-ring (bicyclic) bond motifs is 1. The number of ether oxygens (including phenoxy) is 1. The summed E-state index contributed by atoms with van der Waals surface area (Å²) >= 11 is 3.59.